The average molecular weight is 410 g/mol. The maximum Gasteiger partial charge on any atom is 0.263 e. The standard InChI is InChI=1S/C22H23N3O3S/c1-4-25-20(27)16-10-15-12-28-22(2,3)11-17(15)23-19(16)24-21(25)29-13-18(26)14-8-6-5-7-9-14/h5-10H,4,11-13H2,1-3H3. The average Bonchev–Trinajstić information content (AvgIpc) is 2.71. The van der Waals surface area contributed by atoms with Crippen LogP contribution in [-0.2, 0) is 24.3 Å². The van der Waals surface area contributed by atoms with Crippen molar-refractivity contribution in [2.24, 2.45) is 0 Å². The van der Waals surface area contributed by atoms with Crippen LogP contribution in [0.3, 0.4) is 0 Å². The predicted molar refractivity (Wildman–Crippen MR) is 114 cm³/mol. The summed E-state index contributed by atoms with van der Waals surface area (Å²) in [6, 6.07) is 11.0. The number of hydrogen-bond acceptors (Lipinski definition) is 6. The van der Waals surface area contributed by atoms with Crippen LogP contribution in [0.4, 0.5) is 0 Å². The lowest BCUT2D eigenvalue weighted by molar-refractivity contribution is -0.0411. The van der Waals surface area contributed by atoms with Crippen molar-refractivity contribution in [3.05, 3.63) is 63.6 Å². The van der Waals surface area contributed by atoms with E-state index in [1.165, 1.54) is 11.8 Å². The van der Waals surface area contributed by atoms with E-state index in [4.69, 9.17) is 9.72 Å². The molecule has 6 nitrogen and oxygen atoms in total. The number of carbonyl (C=O) groups is 1. The first kappa shape index (κ1) is 19.8. The molecule has 0 bridgehead atoms. The minimum Gasteiger partial charge on any atom is -0.370 e. The van der Waals surface area contributed by atoms with Crippen LogP contribution in [0.15, 0.2) is 46.3 Å². The number of fused-ring (bicyclic) bond motifs is 2. The van der Waals surface area contributed by atoms with Crippen LogP contribution in [0.1, 0.15) is 42.4 Å². The van der Waals surface area contributed by atoms with Crippen molar-refractivity contribution in [1.29, 1.82) is 0 Å². The second-order valence-electron chi connectivity index (χ2n) is 7.71. The summed E-state index contributed by atoms with van der Waals surface area (Å²) in [5.74, 6) is 0.221. The molecule has 4 rings (SSSR count). The molecule has 0 radical (unpaired) electrons. The summed E-state index contributed by atoms with van der Waals surface area (Å²) in [4.78, 5) is 34.9. The van der Waals surface area contributed by atoms with E-state index in [2.05, 4.69) is 4.98 Å². The first-order valence-corrected chi connectivity index (χ1v) is 10.6. The van der Waals surface area contributed by atoms with E-state index in [-0.39, 0.29) is 22.7 Å². The van der Waals surface area contributed by atoms with Gasteiger partial charge in [-0.3, -0.25) is 14.2 Å². The van der Waals surface area contributed by atoms with Gasteiger partial charge in [0.15, 0.2) is 16.6 Å². The topological polar surface area (TPSA) is 74.1 Å². The predicted octanol–water partition coefficient (Wildman–Crippen LogP) is 3.64. The van der Waals surface area contributed by atoms with Crippen molar-refractivity contribution in [3.63, 3.8) is 0 Å². The molecule has 0 fully saturated rings. The van der Waals surface area contributed by atoms with E-state index in [9.17, 15) is 9.59 Å². The molecule has 0 aliphatic carbocycles. The number of Topliss-reactive ketones (excluding diaryl/α,β-unsaturated/α-hetero) is 1. The smallest absolute Gasteiger partial charge is 0.263 e. The summed E-state index contributed by atoms with van der Waals surface area (Å²) in [5.41, 5.74) is 2.54. The minimum atomic E-state index is -0.286. The molecule has 0 saturated carbocycles. The molecule has 0 atom stereocenters. The highest BCUT2D eigenvalue weighted by molar-refractivity contribution is 7.99. The molecule has 1 aliphatic heterocycles. The third kappa shape index (κ3) is 3.97. The first-order valence-electron chi connectivity index (χ1n) is 9.66. The summed E-state index contributed by atoms with van der Waals surface area (Å²) in [5, 5.41) is 1.01. The van der Waals surface area contributed by atoms with Crippen LogP contribution in [0.25, 0.3) is 11.0 Å². The number of ether oxygens (including phenoxy) is 1. The Morgan fingerprint density at radius 2 is 2.00 bits per heavy atom. The fourth-order valence-electron chi connectivity index (χ4n) is 3.44. The van der Waals surface area contributed by atoms with Gasteiger partial charge in [0.2, 0.25) is 0 Å². The van der Waals surface area contributed by atoms with Gasteiger partial charge in [-0.05, 0) is 26.8 Å². The van der Waals surface area contributed by atoms with Crippen LogP contribution in [0.5, 0.6) is 0 Å². The molecule has 1 aliphatic rings. The molecule has 0 spiro atoms. The largest absolute Gasteiger partial charge is 0.370 e. The fourth-order valence-corrected chi connectivity index (χ4v) is 4.39. The lowest BCUT2D eigenvalue weighted by Crippen LogP contribution is -2.33. The Balaban J connectivity index is 1.70. The SMILES string of the molecule is CCn1c(SCC(=O)c2ccccc2)nc2nc3c(cc2c1=O)COC(C)(C)C3. The number of rotatable bonds is 5. The highest BCUT2D eigenvalue weighted by Crippen LogP contribution is 2.28. The third-order valence-electron chi connectivity index (χ3n) is 5.03. The number of thioether (sulfide) groups is 1. The van der Waals surface area contributed by atoms with Crippen LogP contribution in [0, 0.1) is 0 Å². The molecular weight excluding hydrogens is 386 g/mol. The Labute approximate surface area is 173 Å². The van der Waals surface area contributed by atoms with Gasteiger partial charge in [-0.15, -0.1) is 0 Å². The van der Waals surface area contributed by atoms with Gasteiger partial charge in [-0.25, -0.2) is 9.97 Å². The van der Waals surface area contributed by atoms with E-state index < -0.39 is 0 Å². The van der Waals surface area contributed by atoms with Gasteiger partial charge < -0.3 is 4.74 Å². The van der Waals surface area contributed by atoms with Crippen LogP contribution < -0.4 is 5.56 Å². The van der Waals surface area contributed by atoms with Crippen molar-refractivity contribution in [2.75, 3.05) is 5.75 Å². The Hall–Kier alpha value is -2.51. The number of aromatic nitrogens is 3. The summed E-state index contributed by atoms with van der Waals surface area (Å²) in [6.45, 7) is 6.88. The Morgan fingerprint density at radius 3 is 2.72 bits per heavy atom. The third-order valence-corrected chi connectivity index (χ3v) is 6.01. The molecule has 0 unspecified atom stereocenters. The molecule has 29 heavy (non-hydrogen) atoms. The molecular formula is C22H23N3O3S. The van der Waals surface area contributed by atoms with Gasteiger partial charge in [-0.2, -0.15) is 0 Å². The monoisotopic (exact) mass is 409 g/mol. The maximum absolute atomic E-state index is 13.1. The van der Waals surface area contributed by atoms with Gasteiger partial charge in [0.1, 0.15) is 0 Å². The lowest BCUT2D eigenvalue weighted by Gasteiger charge is -2.31. The zero-order valence-electron chi connectivity index (χ0n) is 16.8. The lowest BCUT2D eigenvalue weighted by atomic mass is 9.95. The maximum atomic E-state index is 13.1. The van der Waals surface area contributed by atoms with Gasteiger partial charge in [-0.1, -0.05) is 42.1 Å². The molecule has 1 aromatic carbocycles. The summed E-state index contributed by atoms with van der Waals surface area (Å²) >= 11 is 1.28. The van der Waals surface area contributed by atoms with E-state index in [1.54, 1.807) is 16.7 Å². The normalized spacial score (nSPS) is 15.3. The minimum absolute atomic E-state index is 0.00453. The Kier molecular flexibility index (Phi) is 5.27. The van der Waals surface area contributed by atoms with Crippen molar-refractivity contribution in [2.45, 2.75) is 51.1 Å². The number of pyridine rings is 1. The van der Waals surface area contributed by atoms with Crippen LogP contribution in [0.2, 0.25) is 0 Å². The number of hydrogen-bond donors (Lipinski definition) is 0. The quantitative estimate of drug-likeness (QED) is 0.364. The van der Waals surface area contributed by atoms with E-state index in [0.717, 1.165) is 11.3 Å². The fraction of sp³-hybridized carbons (Fsp3) is 0.364. The number of ketones is 1. The molecule has 0 amide bonds. The molecule has 0 N–H and O–H groups in total. The highest BCUT2D eigenvalue weighted by atomic mass is 32.2. The summed E-state index contributed by atoms with van der Waals surface area (Å²) in [7, 11) is 0. The molecule has 2 aromatic heterocycles. The van der Waals surface area contributed by atoms with Crippen molar-refractivity contribution in [1.82, 2.24) is 14.5 Å². The molecule has 3 aromatic rings. The highest BCUT2D eigenvalue weighted by Gasteiger charge is 2.28. The van der Waals surface area contributed by atoms with Gasteiger partial charge in [0.25, 0.3) is 5.56 Å². The van der Waals surface area contributed by atoms with Gasteiger partial charge in [0, 0.05) is 24.1 Å². The molecule has 0 saturated heterocycles. The molecule has 7 heteroatoms. The van der Waals surface area contributed by atoms with E-state index >= 15 is 0 Å². The molecule has 3 heterocycles. The first-order chi connectivity index (χ1) is 13.9. The zero-order valence-corrected chi connectivity index (χ0v) is 17.6. The second kappa shape index (κ2) is 7.72. The van der Waals surface area contributed by atoms with Gasteiger partial charge in [0.05, 0.1) is 29.0 Å². The van der Waals surface area contributed by atoms with Gasteiger partial charge >= 0.3 is 0 Å². The van der Waals surface area contributed by atoms with Crippen LogP contribution in [-0.4, -0.2) is 31.7 Å². The number of carbonyl (C=O) groups excluding carboxylic acids is 1. The summed E-state index contributed by atoms with van der Waals surface area (Å²) in [6.07, 6.45) is 0.672. The van der Waals surface area contributed by atoms with Crippen molar-refractivity contribution in [3.8, 4) is 0 Å². The van der Waals surface area contributed by atoms with Crippen molar-refractivity contribution < 1.29 is 9.53 Å². The van der Waals surface area contributed by atoms with E-state index in [0.29, 0.717) is 41.3 Å². The number of nitrogens with zero attached hydrogens (tertiary/aromatic N) is 3. The van der Waals surface area contributed by atoms with Crippen LogP contribution >= 0.6 is 11.8 Å². The Bertz CT molecular complexity index is 1140. The summed E-state index contributed by atoms with van der Waals surface area (Å²) < 4.78 is 7.46. The van der Waals surface area contributed by atoms with E-state index in [1.807, 2.05) is 45.0 Å². The number of benzene rings is 1. The van der Waals surface area contributed by atoms with Crippen molar-refractivity contribution >= 4 is 28.6 Å². The molecule has 150 valence electrons. The second-order valence-corrected chi connectivity index (χ2v) is 8.65. The Morgan fingerprint density at radius 1 is 1.24 bits per heavy atom. The zero-order chi connectivity index (χ0) is 20.6.